The van der Waals surface area contributed by atoms with E-state index in [-0.39, 0.29) is 11.4 Å². The molecule has 2 rings (SSSR count). The molecule has 0 aliphatic rings. The third kappa shape index (κ3) is 4.45. The van der Waals surface area contributed by atoms with Crippen LogP contribution in [-0.4, -0.2) is 27.2 Å². The van der Waals surface area contributed by atoms with Gasteiger partial charge in [0.05, 0.1) is 18.1 Å². The van der Waals surface area contributed by atoms with E-state index in [1.54, 1.807) is 37.3 Å². The van der Waals surface area contributed by atoms with E-state index in [4.69, 9.17) is 16.3 Å². The van der Waals surface area contributed by atoms with E-state index in [1.807, 2.05) is 0 Å². The summed E-state index contributed by atoms with van der Waals surface area (Å²) in [6.45, 7) is 1.64. The molecule has 0 aliphatic carbocycles. The number of halogens is 1. The molecule has 2 aromatic rings. The van der Waals surface area contributed by atoms with Gasteiger partial charge in [-0.3, -0.25) is 0 Å². The number of ether oxygens (including phenoxy) is 1. The minimum Gasteiger partial charge on any atom is -0.497 e. The highest BCUT2D eigenvalue weighted by molar-refractivity contribution is 7.89. The van der Waals surface area contributed by atoms with Crippen LogP contribution in [0.2, 0.25) is 5.02 Å². The van der Waals surface area contributed by atoms with E-state index in [0.717, 1.165) is 5.56 Å². The lowest BCUT2D eigenvalue weighted by molar-refractivity contribution is 0.181. The van der Waals surface area contributed by atoms with Crippen LogP contribution in [0.15, 0.2) is 47.4 Å². The molecule has 0 aliphatic heterocycles. The minimum atomic E-state index is -3.74. The molecule has 0 spiro atoms. The van der Waals surface area contributed by atoms with Crippen LogP contribution in [0.5, 0.6) is 5.75 Å². The van der Waals surface area contributed by atoms with E-state index in [1.165, 1.54) is 19.2 Å². The zero-order valence-corrected chi connectivity index (χ0v) is 14.4. The van der Waals surface area contributed by atoms with Crippen molar-refractivity contribution in [1.82, 2.24) is 4.72 Å². The number of benzene rings is 2. The summed E-state index contributed by atoms with van der Waals surface area (Å²) < 4.78 is 32.0. The van der Waals surface area contributed by atoms with Gasteiger partial charge in [0.15, 0.2) is 0 Å². The zero-order valence-electron chi connectivity index (χ0n) is 12.8. The fourth-order valence-electron chi connectivity index (χ4n) is 1.98. The lowest BCUT2D eigenvalue weighted by Crippen LogP contribution is -2.28. The van der Waals surface area contributed by atoms with Crippen molar-refractivity contribution >= 4 is 21.6 Å². The van der Waals surface area contributed by atoms with Crippen LogP contribution in [-0.2, 0) is 10.0 Å². The molecular weight excluding hydrogens is 338 g/mol. The molecule has 0 saturated carbocycles. The third-order valence-corrected chi connectivity index (χ3v) is 5.23. The van der Waals surface area contributed by atoms with Crippen molar-refractivity contribution in [1.29, 1.82) is 0 Å². The minimum absolute atomic E-state index is 0.0611. The lowest BCUT2D eigenvalue weighted by Gasteiger charge is -2.14. The van der Waals surface area contributed by atoms with E-state index in [9.17, 15) is 13.5 Å². The Bertz CT molecular complexity index is 792. The van der Waals surface area contributed by atoms with Crippen LogP contribution >= 0.6 is 11.6 Å². The van der Waals surface area contributed by atoms with E-state index in [0.29, 0.717) is 16.3 Å². The van der Waals surface area contributed by atoms with Gasteiger partial charge in [-0.15, -0.1) is 0 Å². The van der Waals surface area contributed by atoms with Crippen molar-refractivity contribution in [3.63, 3.8) is 0 Å². The topological polar surface area (TPSA) is 75.6 Å². The Labute approximate surface area is 140 Å². The van der Waals surface area contributed by atoms with Crippen molar-refractivity contribution < 1.29 is 18.3 Å². The van der Waals surface area contributed by atoms with Gasteiger partial charge >= 0.3 is 0 Å². The molecule has 0 amide bonds. The lowest BCUT2D eigenvalue weighted by atomic mass is 10.1. The number of aliphatic hydroxyl groups excluding tert-OH is 1. The Morgan fingerprint density at radius 3 is 2.65 bits per heavy atom. The molecule has 2 aromatic carbocycles. The molecular formula is C16H18ClNO4S. The fourth-order valence-corrected chi connectivity index (χ4v) is 3.29. The second-order valence-corrected chi connectivity index (χ2v) is 7.23. The Balaban J connectivity index is 2.10. The average molecular weight is 356 g/mol. The quantitative estimate of drug-likeness (QED) is 0.835. The Morgan fingerprint density at radius 2 is 2.00 bits per heavy atom. The first-order chi connectivity index (χ1) is 10.8. The first kappa shape index (κ1) is 17.7. The SMILES string of the molecule is COc1cccc(C(O)CNS(=O)(=O)c2ccc(C)c(Cl)c2)c1. The number of hydrogen-bond donors (Lipinski definition) is 2. The number of aliphatic hydroxyl groups is 1. The largest absolute Gasteiger partial charge is 0.497 e. The van der Waals surface area contributed by atoms with Crippen LogP contribution in [0, 0.1) is 6.92 Å². The molecule has 124 valence electrons. The fraction of sp³-hybridized carbons (Fsp3) is 0.250. The summed E-state index contributed by atoms with van der Waals surface area (Å²) in [5.41, 5.74) is 1.36. The van der Waals surface area contributed by atoms with Gasteiger partial charge in [0, 0.05) is 11.6 Å². The molecule has 7 heteroatoms. The van der Waals surface area contributed by atoms with Crippen LogP contribution in [0.3, 0.4) is 0 Å². The summed E-state index contributed by atoms with van der Waals surface area (Å²) in [7, 11) is -2.22. The number of sulfonamides is 1. The summed E-state index contributed by atoms with van der Waals surface area (Å²) >= 11 is 5.96. The molecule has 0 saturated heterocycles. The molecule has 0 heterocycles. The highest BCUT2D eigenvalue weighted by atomic mass is 35.5. The summed E-state index contributed by atoms with van der Waals surface area (Å²) in [5.74, 6) is 0.592. The second kappa shape index (κ2) is 7.31. The van der Waals surface area contributed by atoms with Crippen molar-refractivity contribution in [2.75, 3.05) is 13.7 Å². The molecule has 1 atom stereocenters. The average Bonchev–Trinajstić information content (AvgIpc) is 2.55. The molecule has 1 unspecified atom stereocenters. The van der Waals surface area contributed by atoms with Gasteiger partial charge in [0.2, 0.25) is 10.0 Å². The molecule has 5 nitrogen and oxygen atoms in total. The molecule has 0 aromatic heterocycles. The normalized spacial score (nSPS) is 12.9. The number of aryl methyl sites for hydroxylation is 1. The van der Waals surface area contributed by atoms with Crippen LogP contribution in [0.1, 0.15) is 17.2 Å². The standard InChI is InChI=1S/C16H18ClNO4S/c1-11-6-7-14(9-15(11)17)23(20,21)18-10-16(19)12-4-3-5-13(8-12)22-2/h3-9,16,18-19H,10H2,1-2H3. The first-order valence-corrected chi connectivity index (χ1v) is 8.77. The van der Waals surface area contributed by atoms with Crippen LogP contribution < -0.4 is 9.46 Å². The maximum absolute atomic E-state index is 12.2. The van der Waals surface area contributed by atoms with E-state index in [2.05, 4.69) is 4.72 Å². The van der Waals surface area contributed by atoms with E-state index < -0.39 is 16.1 Å². The first-order valence-electron chi connectivity index (χ1n) is 6.91. The third-order valence-electron chi connectivity index (χ3n) is 3.40. The van der Waals surface area contributed by atoms with Gasteiger partial charge in [-0.25, -0.2) is 13.1 Å². The summed E-state index contributed by atoms with van der Waals surface area (Å²) in [6, 6.07) is 11.3. The monoisotopic (exact) mass is 355 g/mol. The Kier molecular flexibility index (Phi) is 5.64. The molecule has 0 radical (unpaired) electrons. The Morgan fingerprint density at radius 1 is 1.26 bits per heavy atom. The van der Waals surface area contributed by atoms with Gasteiger partial charge in [-0.2, -0.15) is 0 Å². The maximum atomic E-state index is 12.2. The number of hydrogen-bond acceptors (Lipinski definition) is 4. The molecule has 0 bridgehead atoms. The van der Waals surface area contributed by atoms with Crippen molar-refractivity contribution in [3.05, 3.63) is 58.6 Å². The number of methoxy groups -OCH3 is 1. The molecule has 0 fully saturated rings. The van der Waals surface area contributed by atoms with Gasteiger partial charge in [0.25, 0.3) is 0 Å². The zero-order chi connectivity index (χ0) is 17.0. The Hall–Kier alpha value is -1.60. The van der Waals surface area contributed by atoms with Crippen molar-refractivity contribution in [3.8, 4) is 5.75 Å². The van der Waals surface area contributed by atoms with E-state index >= 15 is 0 Å². The second-order valence-electron chi connectivity index (χ2n) is 5.06. The summed E-state index contributed by atoms with van der Waals surface area (Å²) in [5, 5.41) is 10.5. The summed E-state index contributed by atoms with van der Waals surface area (Å²) in [6.07, 6.45) is -0.985. The van der Waals surface area contributed by atoms with Gasteiger partial charge in [-0.05, 0) is 42.3 Å². The van der Waals surface area contributed by atoms with Crippen LogP contribution in [0.25, 0.3) is 0 Å². The van der Waals surface area contributed by atoms with Crippen LogP contribution in [0.4, 0.5) is 0 Å². The van der Waals surface area contributed by atoms with Crippen molar-refractivity contribution in [2.45, 2.75) is 17.9 Å². The molecule has 23 heavy (non-hydrogen) atoms. The van der Waals surface area contributed by atoms with Crippen molar-refractivity contribution in [2.24, 2.45) is 0 Å². The highest BCUT2D eigenvalue weighted by Crippen LogP contribution is 2.21. The van der Waals surface area contributed by atoms with Gasteiger partial charge < -0.3 is 9.84 Å². The number of nitrogens with one attached hydrogen (secondary N) is 1. The van der Waals surface area contributed by atoms with Gasteiger partial charge in [0.1, 0.15) is 5.75 Å². The van der Waals surface area contributed by atoms with Gasteiger partial charge in [-0.1, -0.05) is 29.8 Å². The molecule has 2 N–H and O–H groups in total. The predicted molar refractivity (Wildman–Crippen MR) is 89.3 cm³/mol. The maximum Gasteiger partial charge on any atom is 0.240 e. The predicted octanol–water partition coefficient (Wildman–Crippen LogP) is 2.67. The number of rotatable bonds is 6. The summed E-state index contributed by atoms with van der Waals surface area (Å²) in [4.78, 5) is 0.0611. The smallest absolute Gasteiger partial charge is 0.240 e. The highest BCUT2D eigenvalue weighted by Gasteiger charge is 2.17.